The van der Waals surface area contributed by atoms with Crippen molar-refractivity contribution in [2.75, 3.05) is 6.61 Å². The Bertz CT molecular complexity index is 200. The van der Waals surface area contributed by atoms with Gasteiger partial charge in [-0.1, -0.05) is 15.9 Å². The fraction of sp³-hybridized carbons (Fsp3) is 1.00. The Balaban J connectivity index is 2.65. The van der Waals surface area contributed by atoms with Crippen LogP contribution < -0.4 is 0 Å². The molecular weight excluding hydrogens is 272 g/mol. The van der Waals surface area contributed by atoms with Gasteiger partial charge in [0.05, 0.1) is 6.61 Å². The fourth-order valence-corrected chi connectivity index (χ4v) is 1.58. The molecule has 0 bridgehead atoms. The third kappa shape index (κ3) is 3.10. The first kappa shape index (κ1) is 13.3. The number of hydrogen-bond donors (Lipinski definition) is 4. The smallest absolute Gasteiger partial charge is 0.188 e. The summed E-state index contributed by atoms with van der Waals surface area (Å²) in [6.07, 6.45) is -6.10. The number of alkyl halides is 1. The van der Waals surface area contributed by atoms with Gasteiger partial charge in [-0.2, -0.15) is 0 Å². The predicted octanol–water partition coefficient (Wildman–Crippen LogP) is -1.46. The molecule has 7 heteroatoms. The van der Waals surface area contributed by atoms with E-state index in [1.165, 1.54) is 0 Å². The van der Waals surface area contributed by atoms with Crippen molar-refractivity contribution < 1.29 is 29.9 Å². The first-order valence-corrected chi connectivity index (χ1v) is 5.49. The number of aliphatic hydroxyl groups is 4. The lowest BCUT2D eigenvalue weighted by Gasteiger charge is -2.39. The summed E-state index contributed by atoms with van der Waals surface area (Å²) in [5.74, 6) is 0. The molecule has 4 N–H and O–H groups in total. The van der Waals surface area contributed by atoms with Gasteiger partial charge in [0.1, 0.15) is 29.4 Å². The SMILES string of the molecule is CC(Br)OC1O[C@H](CO)[C@H](O)[C@H](O)[C@H]1O. The summed E-state index contributed by atoms with van der Waals surface area (Å²) in [5, 5.41) is 36.8. The van der Waals surface area contributed by atoms with E-state index in [0.29, 0.717) is 0 Å². The van der Waals surface area contributed by atoms with Crippen LogP contribution in [0.5, 0.6) is 0 Å². The van der Waals surface area contributed by atoms with Crippen LogP contribution in [0.25, 0.3) is 0 Å². The van der Waals surface area contributed by atoms with Crippen LogP contribution in [-0.4, -0.2) is 62.8 Å². The molecule has 15 heavy (non-hydrogen) atoms. The Hall–Kier alpha value is 0.240. The van der Waals surface area contributed by atoms with Gasteiger partial charge in [0.15, 0.2) is 6.29 Å². The van der Waals surface area contributed by atoms with E-state index in [4.69, 9.17) is 14.6 Å². The highest BCUT2D eigenvalue weighted by molar-refractivity contribution is 9.09. The Kier molecular flexibility index (Phi) is 4.91. The van der Waals surface area contributed by atoms with Crippen LogP contribution in [0.1, 0.15) is 6.92 Å². The van der Waals surface area contributed by atoms with Gasteiger partial charge < -0.3 is 29.9 Å². The molecular formula is C8H15BrO6. The average molecular weight is 287 g/mol. The van der Waals surface area contributed by atoms with Crippen molar-refractivity contribution in [3.63, 3.8) is 0 Å². The summed E-state index contributed by atoms with van der Waals surface area (Å²) in [4.78, 5) is 0. The quantitative estimate of drug-likeness (QED) is 0.474. The van der Waals surface area contributed by atoms with E-state index >= 15 is 0 Å². The van der Waals surface area contributed by atoms with Gasteiger partial charge in [0.2, 0.25) is 0 Å². The zero-order valence-electron chi connectivity index (χ0n) is 8.15. The first-order valence-electron chi connectivity index (χ1n) is 4.57. The first-order chi connectivity index (χ1) is 6.97. The highest BCUT2D eigenvalue weighted by Gasteiger charge is 2.44. The Morgan fingerprint density at radius 1 is 1.27 bits per heavy atom. The maximum Gasteiger partial charge on any atom is 0.188 e. The molecule has 0 saturated carbocycles. The molecule has 6 atom stereocenters. The number of ether oxygens (including phenoxy) is 2. The minimum atomic E-state index is -1.40. The molecule has 90 valence electrons. The monoisotopic (exact) mass is 286 g/mol. The van der Waals surface area contributed by atoms with E-state index in [-0.39, 0.29) is 5.01 Å². The molecule has 0 amide bonds. The molecule has 1 aliphatic heterocycles. The molecule has 1 rings (SSSR count). The molecule has 6 nitrogen and oxygen atoms in total. The van der Waals surface area contributed by atoms with Crippen LogP contribution in [0.4, 0.5) is 0 Å². The molecule has 0 aromatic carbocycles. The number of aliphatic hydroxyl groups excluding tert-OH is 4. The molecule has 0 aromatic rings. The van der Waals surface area contributed by atoms with Crippen molar-refractivity contribution in [3.8, 4) is 0 Å². The van der Waals surface area contributed by atoms with Gasteiger partial charge in [-0.05, 0) is 6.92 Å². The lowest BCUT2D eigenvalue weighted by atomic mass is 9.99. The van der Waals surface area contributed by atoms with Crippen LogP contribution in [0, 0.1) is 0 Å². The summed E-state index contributed by atoms with van der Waals surface area (Å²) >= 11 is 3.09. The summed E-state index contributed by atoms with van der Waals surface area (Å²) in [6, 6.07) is 0. The van der Waals surface area contributed by atoms with E-state index in [1.54, 1.807) is 6.92 Å². The summed E-state index contributed by atoms with van der Waals surface area (Å²) in [5.41, 5.74) is 0. The molecule has 1 aliphatic rings. The van der Waals surface area contributed by atoms with E-state index in [9.17, 15) is 15.3 Å². The van der Waals surface area contributed by atoms with Crippen LogP contribution >= 0.6 is 15.9 Å². The van der Waals surface area contributed by atoms with Gasteiger partial charge in [-0.3, -0.25) is 0 Å². The molecule has 1 saturated heterocycles. The van der Waals surface area contributed by atoms with Crippen molar-refractivity contribution >= 4 is 15.9 Å². The van der Waals surface area contributed by atoms with Crippen molar-refractivity contribution in [2.45, 2.75) is 42.6 Å². The maximum absolute atomic E-state index is 9.51. The highest BCUT2D eigenvalue weighted by atomic mass is 79.9. The Morgan fingerprint density at radius 3 is 2.33 bits per heavy atom. The minimum Gasteiger partial charge on any atom is -0.394 e. The topological polar surface area (TPSA) is 99.4 Å². The van der Waals surface area contributed by atoms with Gasteiger partial charge in [-0.25, -0.2) is 0 Å². The van der Waals surface area contributed by atoms with Gasteiger partial charge in [0, 0.05) is 0 Å². The second kappa shape index (κ2) is 5.53. The molecule has 0 spiro atoms. The second-order valence-corrected chi connectivity index (χ2v) is 4.67. The van der Waals surface area contributed by atoms with Gasteiger partial charge in [0.25, 0.3) is 0 Å². The van der Waals surface area contributed by atoms with E-state index in [1.807, 2.05) is 0 Å². The molecule has 2 unspecified atom stereocenters. The third-order valence-electron chi connectivity index (χ3n) is 2.17. The van der Waals surface area contributed by atoms with Crippen molar-refractivity contribution in [1.29, 1.82) is 0 Å². The van der Waals surface area contributed by atoms with Crippen LogP contribution in [-0.2, 0) is 9.47 Å². The van der Waals surface area contributed by atoms with Crippen molar-refractivity contribution in [3.05, 3.63) is 0 Å². The zero-order valence-corrected chi connectivity index (χ0v) is 9.74. The third-order valence-corrected chi connectivity index (χ3v) is 2.39. The normalized spacial score (nSPS) is 44.0. The Morgan fingerprint density at radius 2 is 1.87 bits per heavy atom. The van der Waals surface area contributed by atoms with E-state index in [2.05, 4.69) is 15.9 Å². The largest absolute Gasteiger partial charge is 0.394 e. The number of hydrogen-bond acceptors (Lipinski definition) is 6. The van der Waals surface area contributed by atoms with E-state index in [0.717, 1.165) is 0 Å². The van der Waals surface area contributed by atoms with Gasteiger partial charge in [-0.15, -0.1) is 0 Å². The summed E-state index contributed by atoms with van der Waals surface area (Å²) in [6.45, 7) is 1.21. The molecule has 0 aromatic heterocycles. The molecule has 0 aliphatic carbocycles. The van der Waals surface area contributed by atoms with Crippen LogP contribution in [0.3, 0.4) is 0 Å². The molecule has 1 fully saturated rings. The molecule has 1 heterocycles. The van der Waals surface area contributed by atoms with Gasteiger partial charge >= 0.3 is 0 Å². The van der Waals surface area contributed by atoms with Crippen LogP contribution in [0.15, 0.2) is 0 Å². The fourth-order valence-electron chi connectivity index (χ4n) is 1.36. The average Bonchev–Trinajstić information content (AvgIpc) is 2.18. The Labute approximate surface area is 95.6 Å². The molecule has 0 radical (unpaired) electrons. The zero-order chi connectivity index (χ0) is 11.6. The lowest BCUT2D eigenvalue weighted by molar-refractivity contribution is -0.302. The number of rotatable bonds is 3. The highest BCUT2D eigenvalue weighted by Crippen LogP contribution is 2.23. The number of halogens is 1. The van der Waals surface area contributed by atoms with Crippen molar-refractivity contribution in [1.82, 2.24) is 0 Å². The van der Waals surface area contributed by atoms with Crippen molar-refractivity contribution in [2.24, 2.45) is 0 Å². The second-order valence-electron chi connectivity index (χ2n) is 3.38. The van der Waals surface area contributed by atoms with E-state index < -0.39 is 37.3 Å². The lowest BCUT2D eigenvalue weighted by Crippen LogP contribution is -2.59. The summed E-state index contributed by atoms with van der Waals surface area (Å²) < 4.78 is 10.2. The maximum atomic E-state index is 9.51. The summed E-state index contributed by atoms with van der Waals surface area (Å²) in [7, 11) is 0. The minimum absolute atomic E-state index is 0.376. The van der Waals surface area contributed by atoms with Crippen LogP contribution in [0.2, 0.25) is 0 Å². The standard InChI is InChI=1S/C8H15BrO6/c1-3(9)14-8-7(13)6(12)5(11)4(2-10)15-8/h3-8,10-13H,2H2,1H3/t3?,4-,5+,6+,7-,8?/m1/s1. The predicted molar refractivity (Wildman–Crippen MR) is 53.2 cm³/mol.